The molecule has 0 atom stereocenters. The maximum atomic E-state index is 4.73. The van der Waals surface area contributed by atoms with Gasteiger partial charge in [0.2, 0.25) is 0 Å². The Bertz CT molecular complexity index is 1540. The van der Waals surface area contributed by atoms with Crippen molar-refractivity contribution >= 4 is 15.9 Å². The molecule has 6 aromatic rings. The first kappa shape index (κ1) is 24.0. The number of benzene rings is 5. The van der Waals surface area contributed by atoms with E-state index in [9.17, 15) is 0 Å². The van der Waals surface area contributed by atoms with Gasteiger partial charge in [0.15, 0.2) is 5.82 Å². The van der Waals surface area contributed by atoms with Crippen LogP contribution in [0, 0.1) is 0 Å². The molecule has 0 aliphatic carbocycles. The van der Waals surface area contributed by atoms with Crippen LogP contribution in [-0.4, -0.2) is 20.2 Å². The van der Waals surface area contributed by atoms with Crippen LogP contribution in [0.5, 0.6) is 0 Å². The smallest absolute Gasteiger partial charge is 0.184 e. The zero-order chi connectivity index (χ0) is 25.8. The number of hydrogen-bond donors (Lipinski definition) is 0. The monoisotopic (exact) mass is 556 g/mol. The summed E-state index contributed by atoms with van der Waals surface area (Å²) in [5.41, 5.74) is 6.74. The fourth-order valence-corrected chi connectivity index (χ4v) is 5.56. The second-order valence-electron chi connectivity index (χ2n) is 9.10. The quantitative estimate of drug-likeness (QED) is 0.149. The van der Waals surface area contributed by atoms with Crippen LogP contribution in [0.3, 0.4) is 0 Å². The third-order valence-electron chi connectivity index (χ3n) is 6.93. The van der Waals surface area contributed by atoms with Crippen molar-refractivity contribution in [2.45, 2.75) is 10.9 Å². The molecule has 0 radical (unpaired) electrons. The number of rotatable bonds is 7. The molecule has 0 saturated carbocycles. The summed E-state index contributed by atoms with van der Waals surface area (Å²) in [6.07, 6.45) is 0. The third-order valence-corrected chi connectivity index (χ3v) is 7.57. The molecular weight excluding hydrogens is 532 g/mol. The van der Waals surface area contributed by atoms with Gasteiger partial charge in [0, 0.05) is 10.9 Å². The summed E-state index contributed by atoms with van der Waals surface area (Å²) in [6.45, 7) is 0. The first-order valence-electron chi connectivity index (χ1n) is 12.5. The standard InChI is InChI=1S/C33H25BrN4/c34-24-25-21-22-30(26-13-5-1-6-14-26)31(23-25)32-35-36-37-38(32)33(27-15-7-2-8-16-27,28-17-9-3-10-18-28)29-19-11-4-12-20-29/h1-23H,24H2. The second kappa shape index (κ2) is 10.6. The van der Waals surface area contributed by atoms with Crippen molar-refractivity contribution in [3.63, 3.8) is 0 Å². The highest BCUT2D eigenvalue weighted by atomic mass is 79.9. The van der Waals surface area contributed by atoms with E-state index in [0.717, 1.165) is 44.3 Å². The molecular formula is C33H25BrN4. The van der Waals surface area contributed by atoms with Gasteiger partial charge in [-0.2, -0.15) is 0 Å². The normalized spacial score (nSPS) is 11.4. The van der Waals surface area contributed by atoms with Gasteiger partial charge in [-0.1, -0.05) is 149 Å². The Morgan fingerprint density at radius 3 is 1.58 bits per heavy atom. The SMILES string of the molecule is BrCc1ccc(-c2ccccc2)c(-c2nnnn2C(c2ccccc2)(c2ccccc2)c2ccccc2)c1. The number of nitrogens with zero attached hydrogens (tertiary/aromatic N) is 4. The maximum Gasteiger partial charge on any atom is 0.184 e. The minimum atomic E-state index is -0.805. The number of tetrazole rings is 1. The minimum absolute atomic E-state index is 0.697. The van der Waals surface area contributed by atoms with E-state index in [2.05, 4.69) is 142 Å². The molecule has 0 aliphatic rings. The average Bonchev–Trinajstić information content (AvgIpc) is 3.49. The minimum Gasteiger partial charge on any atom is -0.205 e. The van der Waals surface area contributed by atoms with Crippen LogP contribution in [-0.2, 0) is 10.9 Å². The Morgan fingerprint density at radius 2 is 1.08 bits per heavy atom. The summed E-state index contributed by atoms with van der Waals surface area (Å²) in [5.74, 6) is 0.697. The molecule has 6 rings (SSSR count). The molecule has 5 aromatic carbocycles. The zero-order valence-corrected chi connectivity index (χ0v) is 22.2. The van der Waals surface area contributed by atoms with Gasteiger partial charge in [0.05, 0.1) is 0 Å². The van der Waals surface area contributed by atoms with Crippen molar-refractivity contribution in [1.29, 1.82) is 0 Å². The predicted octanol–water partition coefficient (Wildman–Crippen LogP) is 7.74. The zero-order valence-electron chi connectivity index (χ0n) is 20.7. The van der Waals surface area contributed by atoms with E-state index in [-0.39, 0.29) is 0 Å². The molecule has 5 heteroatoms. The molecule has 0 fully saturated rings. The summed E-state index contributed by atoms with van der Waals surface area (Å²) >= 11 is 3.65. The van der Waals surface area contributed by atoms with Crippen LogP contribution < -0.4 is 0 Å². The molecule has 4 nitrogen and oxygen atoms in total. The maximum absolute atomic E-state index is 4.73. The van der Waals surface area contributed by atoms with Crippen molar-refractivity contribution in [3.8, 4) is 22.5 Å². The fraction of sp³-hybridized carbons (Fsp3) is 0.0606. The van der Waals surface area contributed by atoms with Gasteiger partial charge in [-0.3, -0.25) is 0 Å². The van der Waals surface area contributed by atoms with Crippen molar-refractivity contribution in [1.82, 2.24) is 20.2 Å². The summed E-state index contributed by atoms with van der Waals surface area (Å²) < 4.78 is 1.99. The molecule has 0 amide bonds. The third kappa shape index (κ3) is 4.15. The molecule has 0 spiro atoms. The Kier molecular flexibility index (Phi) is 6.67. The van der Waals surface area contributed by atoms with E-state index >= 15 is 0 Å². The number of halogens is 1. The van der Waals surface area contributed by atoms with Gasteiger partial charge in [0.1, 0.15) is 5.54 Å². The average molecular weight is 557 g/mol. The lowest BCUT2D eigenvalue weighted by molar-refractivity contribution is 0.451. The van der Waals surface area contributed by atoms with E-state index < -0.39 is 5.54 Å². The molecule has 0 unspecified atom stereocenters. The number of alkyl halides is 1. The lowest BCUT2D eigenvalue weighted by Crippen LogP contribution is -2.39. The Balaban J connectivity index is 1.72. The molecule has 0 aliphatic heterocycles. The predicted molar refractivity (Wildman–Crippen MR) is 156 cm³/mol. The summed E-state index contributed by atoms with van der Waals surface area (Å²) in [4.78, 5) is 0. The molecule has 0 bridgehead atoms. The largest absolute Gasteiger partial charge is 0.205 e. The summed E-state index contributed by atoms with van der Waals surface area (Å²) in [5, 5.41) is 14.4. The second-order valence-corrected chi connectivity index (χ2v) is 9.66. The van der Waals surface area contributed by atoms with Gasteiger partial charge in [-0.05, 0) is 49.9 Å². The van der Waals surface area contributed by atoms with Gasteiger partial charge in [0.25, 0.3) is 0 Å². The van der Waals surface area contributed by atoms with E-state index in [4.69, 9.17) is 5.21 Å². The molecule has 1 heterocycles. The van der Waals surface area contributed by atoms with Crippen molar-refractivity contribution < 1.29 is 0 Å². The topological polar surface area (TPSA) is 43.6 Å². The van der Waals surface area contributed by atoms with E-state index in [0.29, 0.717) is 5.82 Å². The Hall–Kier alpha value is -4.35. The van der Waals surface area contributed by atoms with Crippen LogP contribution >= 0.6 is 15.9 Å². The lowest BCUT2D eigenvalue weighted by Gasteiger charge is -2.36. The van der Waals surface area contributed by atoms with Crippen LogP contribution in [0.1, 0.15) is 22.3 Å². The van der Waals surface area contributed by atoms with E-state index in [1.54, 1.807) is 0 Å². The molecule has 1 aromatic heterocycles. The lowest BCUT2D eigenvalue weighted by atomic mass is 9.77. The molecule has 0 N–H and O–H groups in total. The first-order valence-corrected chi connectivity index (χ1v) is 13.6. The summed E-state index contributed by atoms with van der Waals surface area (Å²) in [6, 6.07) is 48.3. The van der Waals surface area contributed by atoms with E-state index in [1.165, 1.54) is 0 Å². The first-order chi connectivity index (χ1) is 18.8. The highest BCUT2D eigenvalue weighted by Crippen LogP contribution is 2.43. The molecule has 0 saturated heterocycles. The van der Waals surface area contributed by atoms with Crippen LogP contribution in [0.25, 0.3) is 22.5 Å². The fourth-order valence-electron chi connectivity index (χ4n) is 5.21. The molecule has 184 valence electrons. The number of aromatic nitrogens is 4. The van der Waals surface area contributed by atoms with Gasteiger partial charge >= 0.3 is 0 Å². The molecule has 38 heavy (non-hydrogen) atoms. The Labute approximate surface area is 230 Å². The highest BCUT2D eigenvalue weighted by Gasteiger charge is 2.42. The van der Waals surface area contributed by atoms with Crippen LogP contribution in [0.15, 0.2) is 140 Å². The highest BCUT2D eigenvalue weighted by molar-refractivity contribution is 9.08. The van der Waals surface area contributed by atoms with Crippen LogP contribution in [0.2, 0.25) is 0 Å². The number of hydrogen-bond acceptors (Lipinski definition) is 3. The summed E-state index contributed by atoms with van der Waals surface area (Å²) in [7, 11) is 0. The van der Waals surface area contributed by atoms with Gasteiger partial charge in [-0.15, -0.1) is 5.10 Å². The van der Waals surface area contributed by atoms with E-state index in [1.807, 2.05) is 28.9 Å². The van der Waals surface area contributed by atoms with Crippen LogP contribution in [0.4, 0.5) is 0 Å². The van der Waals surface area contributed by atoms with Crippen molar-refractivity contribution in [3.05, 3.63) is 162 Å². The Morgan fingerprint density at radius 1 is 0.579 bits per heavy atom. The van der Waals surface area contributed by atoms with Gasteiger partial charge < -0.3 is 0 Å². The van der Waals surface area contributed by atoms with Crippen molar-refractivity contribution in [2.24, 2.45) is 0 Å². The van der Waals surface area contributed by atoms with Crippen molar-refractivity contribution in [2.75, 3.05) is 0 Å². The van der Waals surface area contributed by atoms with Gasteiger partial charge in [-0.25, -0.2) is 4.68 Å².